The average molecular weight is 544 g/mol. The minimum atomic E-state index is -3.70. The number of carbonyl (C=O) groups excluding carboxylic acids is 1. The Morgan fingerprint density at radius 1 is 1.17 bits per heavy atom. The zero-order valence-electron chi connectivity index (χ0n) is 19.8. The fourth-order valence-corrected chi connectivity index (χ4v) is 6.58. The Balaban J connectivity index is 1.26. The molecule has 1 aliphatic heterocycles. The molecule has 0 spiro atoms. The van der Waals surface area contributed by atoms with Gasteiger partial charge in [-0.2, -0.15) is 0 Å². The van der Waals surface area contributed by atoms with Gasteiger partial charge in [-0.05, 0) is 61.7 Å². The minimum Gasteiger partial charge on any atom is -0.368 e. The van der Waals surface area contributed by atoms with Gasteiger partial charge in [-0.3, -0.25) is 9.52 Å². The molecule has 8 nitrogen and oxygen atoms in total. The molecule has 1 saturated heterocycles. The van der Waals surface area contributed by atoms with Crippen LogP contribution in [0.3, 0.4) is 0 Å². The fourth-order valence-electron chi connectivity index (χ4n) is 4.62. The molecule has 188 valence electrons. The summed E-state index contributed by atoms with van der Waals surface area (Å²) in [7, 11) is -3.70. The van der Waals surface area contributed by atoms with Crippen LogP contribution in [0.4, 0.5) is 10.8 Å². The van der Waals surface area contributed by atoms with Gasteiger partial charge < -0.3 is 14.4 Å². The first-order valence-corrected chi connectivity index (χ1v) is 14.3. The molecule has 2 atom stereocenters. The van der Waals surface area contributed by atoms with E-state index in [2.05, 4.69) is 14.6 Å². The van der Waals surface area contributed by atoms with Crippen LogP contribution in [0.25, 0.3) is 10.9 Å². The molecule has 36 heavy (non-hydrogen) atoms. The summed E-state index contributed by atoms with van der Waals surface area (Å²) in [6.07, 6.45) is 3.48. The molecule has 1 amide bonds. The number of hydrogen-bond acceptors (Lipinski definition) is 6. The SMILES string of the molecule is CC(C(=O)N1CCN(c2ccc(S(=O)(=O)Nc3nccs3)cc2)C[C@H]1C)n1ccc2ccc(Cl)cc21. The van der Waals surface area contributed by atoms with E-state index in [9.17, 15) is 13.2 Å². The Morgan fingerprint density at radius 3 is 2.64 bits per heavy atom. The molecule has 3 heterocycles. The Labute approximate surface area is 219 Å². The van der Waals surface area contributed by atoms with Gasteiger partial charge in [0.1, 0.15) is 6.04 Å². The van der Waals surface area contributed by atoms with Gasteiger partial charge in [0.25, 0.3) is 10.0 Å². The number of amides is 1. The number of piperazine rings is 1. The number of anilines is 2. The van der Waals surface area contributed by atoms with Crippen LogP contribution in [0.1, 0.15) is 19.9 Å². The van der Waals surface area contributed by atoms with Gasteiger partial charge in [0.2, 0.25) is 5.91 Å². The highest BCUT2D eigenvalue weighted by molar-refractivity contribution is 7.93. The van der Waals surface area contributed by atoms with Gasteiger partial charge in [0.05, 0.1) is 10.4 Å². The van der Waals surface area contributed by atoms with Crippen LogP contribution in [-0.2, 0) is 14.8 Å². The monoisotopic (exact) mass is 543 g/mol. The Morgan fingerprint density at radius 2 is 1.94 bits per heavy atom. The van der Waals surface area contributed by atoms with Gasteiger partial charge in [-0.1, -0.05) is 17.7 Å². The molecular formula is C25H26ClN5O3S2. The average Bonchev–Trinajstić information content (AvgIpc) is 3.52. The first kappa shape index (κ1) is 24.6. The Kier molecular flexibility index (Phi) is 6.67. The zero-order chi connectivity index (χ0) is 25.4. The van der Waals surface area contributed by atoms with Crippen LogP contribution in [0.2, 0.25) is 5.02 Å². The third kappa shape index (κ3) is 4.80. The van der Waals surface area contributed by atoms with E-state index in [1.165, 1.54) is 11.3 Å². The standard InChI is InChI=1S/C25H26ClN5O3S2/c1-17-16-29(21-5-7-22(8-6-21)36(33,34)28-25-27-10-14-35-25)12-13-30(17)24(32)18(2)31-11-9-19-3-4-20(26)15-23(19)31/h3-11,14-15,17-18H,12-13,16H2,1-2H3,(H,27,28)/t17-,18?/m1/s1. The molecule has 0 bridgehead atoms. The lowest BCUT2D eigenvalue weighted by molar-refractivity contribution is -0.136. The largest absolute Gasteiger partial charge is 0.368 e. The molecule has 2 aromatic heterocycles. The predicted octanol–water partition coefficient (Wildman–Crippen LogP) is 4.85. The molecule has 5 rings (SSSR count). The van der Waals surface area contributed by atoms with Crippen LogP contribution in [-0.4, -0.2) is 54.5 Å². The molecule has 1 N–H and O–H groups in total. The summed E-state index contributed by atoms with van der Waals surface area (Å²) in [6, 6.07) is 14.1. The molecular weight excluding hydrogens is 518 g/mol. The number of halogens is 1. The van der Waals surface area contributed by atoms with Crippen molar-refractivity contribution in [3.05, 3.63) is 71.3 Å². The highest BCUT2D eigenvalue weighted by atomic mass is 35.5. The van der Waals surface area contributed by atoms with E-state index in [1.54, 1.807) is 35.8 Å². The number of benzene rings is 2. The molecule has 0 saturated carbocycles. The number of sulfonamides is 1. The van der Waals surface area contributed by atoms with Crippen LogP contribution in [0.5, 0.6) is 0 Å². The first-order chi connectivity index (χ1) is 17.2. The van der Waals surface area contributed by atoms with Gasteiger partial charge in [-0.15, -0.1) is 11.3 Å². The second-order valence-electron chi connectivity index (χ2n) is 8.87. The number of rotatable bonds is 6. The molecule has 1 fully saturated rings. The highest BCUT2D eigenvalue weighted by Gasteiger charge is 2.31. The summed E-state index contributed by atoms with van der Waals surface area (Å²) in [5.74, 6) is 0.0642. The third-order valence-corrected chi connectivity index (χ3v) is 8.94. The second kappa shape index (κ2) is 9.76. The van der Waals surface area contributed by atoms with Crippen molar-refractivity contribution in [2.24, 2.45) is 0 Å². The molecule has 0 aliphatic carbocycles. The second-order valence-corrected chi connectivity index (χ2v) is 11.9. The summed E-state index contributed by atoms with van der Waals surface area (Å²) < 4.78 is 29.7. The number of carbonyl (C=O) groups is 1. The van der Waals surface area contributed by atoms with E-state index in [-0.39, 0.29) is 22.9 Å². The number of hydrogen-bond donors (Lipinski definition) is 1. The lowest BCUT2D eigenvalue weighted by atomic mass is 10.1. The van der Waals surface area contributed by atoms with Crippen molar-refractivity contribution >= 4 is 60.6 Å². The smallest absolute Gasteiger partial charge is 0.263 e. The zero-order valence-corrected chi connectivity index (χ0v) is 22.2. The van der Waals surface area contributed by atoms with Crippen LogP contribution in [0, 0.1) is 0 Å². The van der Waals surface area contributed by atoms with E-state index in [4.69, 9.17) is 11.6 Å². The van der Waals surface area contributed by atoms with E-state index in [1.807, 2.05) is 53.8 Å². The fraction of sp³-hybridized carbons (Fsp3) is 0.280. The molecule has 1 unspecified atom stereocenters. The lowest BCUT2D eigenvalue weighted by Gasteiger charge is -2.42. The third-order valence-electron chi connectivity index (χ3n) is 6.54. The maximum Gasteiger partial charge on any atom is 0.263 e. The van der Waals surface area contributed by atoms with Crippen molar-refractivity contribution in [1.29, 1.82) is 0 Å². The van der Waals surface area contributed by atoms with Crippen LogP contribution < -0.4 is 9.62 Å². The predicted molar refractivity (Wildman–Crippen MR) is 144 cm³/mol. The number of thiazole rings is 1. The van der Waals surface area contributed by atoms with Crippen molar-refractivity contribution < 1.29 is 13.2 Å². The Hall–Kier alpha value is -3.08. The maximum atomic E-state index is 13.4. The molecule has 0 radical (unpaired) electrons. The van der Waals surface area contributed by atoms with Crippen LogP contribution >= 0.6 is 22.9 Å². The summed E-state index contributed by atoms with van der Waals surface area (Å²) in [4.78, 5) is 21.7. The summed E-state index contributed by atoms with van der Waals surface area (Å²) in [5, 5.41) is 3.73. The van der Waals surface area contributed by atoms with Gasteiger partial charge in [-0.25, -0.2) is 13.4 Å². The molecule has 2 aromatic carbocycles. The van der Waals surface area contributed by atoms with Crippen LogP contribution in [0.15, 0.2) is 71.2 Å². The summed E-state index contributed by atoms with van der Waals surface area (Å²) in [6.45, 7) is 5.85. The van der Waals surface area contributed by atoms with Crippen molar-refractivity contribution in [3.63, 3.8) is 0 Å². The van der Waals surface area contributed by atoms with E-state index in [0.717, 1.165) is 16.6 Å². The van der Waals surface area contributed by atoms with Gasteiger partial charge in [0, 0.05) is 54.2 Å². The number of aromatic nitrogens is 2. The number of nitrogens with one attached hydrogen (secondary N) is 1. The number of fused-ring (bicyclic) bond motifs is 1. The van der Waals surface area contributed by atoms with Crippen molar-refractivity contribution in [2.45, 2.75) is 30.8 Å². The Bertz CT molecular complexity index is 1490. The van der Waals surface area contributed by atoms with E-state index in [0.29, 0.717) is 29.8 Å². The normalized spacial score (nSPS) is 17.4. The van der Waals surface area contributed by atoms with Crippen molar-refractivity contribution in [3.8, 4) is 0 Å². The molecule has 4 aromatic rings. The summed E-state index contributed by atoms with van der Waals surface area (Å²) in [5.41, 5.74) is 1.86. The topological polar surface area (TPSA) is 87.5 Å². The number of nitrogens with zero attached hydrogens (tertiary/aromatic N) is 4. The van der Waals surface area contributed by atoms with Gasteiger partial charge in [0.15, 0.2) is 5.13 Å². The summed E-state index contributed by atoms with van der Waals surface area (Å²) >= 11 is 7.42. The first-order valence-electron chi connectivity index (χ1n) is 11.6. The quantitative estimate of drug-likeness (QED) is 0.375. The maximum absolute atomic E-state index is 13.4. The van der Waals surface area contributed by atoms with E-state index < -0.39 is 10.0 Å². The lowest BCUT2D eigenvalue weighted by Crippen LogP contribution is -2.55. The minimum absolute atomic E-state index is 0.00547. The van der Waals surface area contributed by atoms with E-state index >= 15 is 0 Å². The highest BCUT2D eigenvalue weighted by Crippen LogP contribution is 2.27. The molecule has 1 aliphatic rings. The van der Waals surface area contributed by atoms with Crippen molar-refractivity contribution in [2.75, 3.05) is 29.3 Å². The van der Waals surface area contributed by atoms with Gasteiger partial charge >= 0.3 is 0 Å². The molecule has 11 heteroatoms. The van der Waals surface area contributed by atoms with Crippen molar-refractivity contribution in [1.82, 2.24) is 14.5 Å².